The normalized spacial score (nSPS) is 24.7. The second-order valence-corrected chi connectivity index (χ2v) is 28.0. The second kappa shape index (κ2) is 21.4. The van der Waals surface area contributed by atoms with Crippen molar-refractivity contribution >= 4 is 26.8 Å². The molecule has 2 bridgehead atoms. The molecule has 9 rings (SSSR count). The summed E-state index contributed by atoms with van der Waals surface area (Å²) in [6.07, 6.45) is -1.84. The molecule has 4 aliphatic rings. The van der Waals surface area contributed by atoms with Crippen LogP contribution in [0.4, 0.5) is 0 Å². The molecule has 2 aromatic heterocycles. The first-order valence-corrected chi connectivity index (χ1v) is 29.5. The number of methoxy groups -OCH3 is 2. The van der Waals surface area contributed by atoms with Crippen molar-refractivity contribution < 1.29 is 50.1 Å². The molecule has 2 saturated heterocycles. The molecular weight excluding hydrogens is 988 g/mol. The predicted molar refractivity (Wildman–Crippen MR) is 271 cm³/mol. The molecule has 1 unspecified atom stereocenters. The molecule has 19 nitrogen and oxygen atoms in total. The lowest BCUT2D eigenvalue weighted by atomic mass is 9.79. The maximum Gasteiger partial charge on any atom is 0.333 e. The van der Waals surface area contributed by atoms with E-state index in [2.05, 4.69) is 43.8 Å². The average molecular weight is 1050 g/mol. The zero-order chi connectivity index (χ0) is 51.8. The van der Waals surface area contributed by atoms with Gasteiger partial charge in [0.15, 0.2) is 18.2 Å². The van der Waals surface area contributed by atoms with Crippen molar-refractivity contribution in [1.82, 2.24) is 19.1 Å². The van der Waals surface area contributed by atoms with Crippen LogP contribution in [0.5, 0.6) is 11.5 Å². The fourth-order valence-corrected chi connectivity index (χ4v) is 12.6. The van der Waals surface area contributed by atoms with Crippen molar-refractivity contribution in [3.05, 3.63) is 160 Å². The minimum absolute atomic E-state index is 0.0453. The van der Waals surface area contributed by atoms with Crippen LogP contribution < -0.4 is 32.0 Å². The molecule has 7 atom stereocenters. The average Bonchev–Trinajstić information content (AvgIpc) is 3.93. The molecule has 72 heavy (non-hydrogen) atoms. The summed E-state index contributed by atoms with van der Waals surface area (Å²) in [5.74, 6) is 0.563. The number of aromatic nitrogens is 4. The number of aryl methyl sites for hydroxylation is 2. The van der Waals surface area contributed by atoms with Crippen LogP contribution in [0.1, 0.15) is 79.4 Å². The van der Waals surface area contributed by atoms with E-state index in [1.54, 1.807) is 40.2 Å². The molecule has 0 radical (unpaired) electrons. The minimum atomic E-state index is -3.78. The molecule has 0 aliphatic carbocycles. The van der Waals surface area contributed by atoms with Gasteiger partial charge in [-0.2, -0.15) is 0 Å². The summed E-state index contributed by atoms with van der Waals surface area (Å²) < 4.78 is 88.4. The van der Waals surface area contributed by atoms with E-state index in [9.17, 15) is 27.6 Å². The van der Waals surface area contributed by atoms with Crippen LogP contribution in [-0.4, -0.2) is 100 Å². The lowest BCUT2D eigenvalue weighted by Crippen LogP contribution is -2.46. The van der Waals surface area contributed by atoms with Gasteiger partial charge < -0.3 is 41.7 Å². The molecule has 2 N–H and O–H groups in total. The van der Waals surface area contributed by atoms with Crippen molar-refractivity contribution in [3.8, 4) is 11.5 Å². The number of aromatic amines is 2. The van der Waals surface area contributed by atoms with Crippen LogP contribution in [0.2, 0.25) is 18.1 Å². The van der Waals surface area contributed by atoms with Gasteiger partial charge in [-0.3, -0.25) is 28.7 Å². The molecular formula is C50H63N4O15PSSi. The number of nitrogens with zero attached hydrogens (tertiary/aromatic N) is 2. The Morgan fingerprint density at radius 1 is 0.750 bits per heavy atom. The molecule has 388 valence electrons. The van der Waals surface area contributed by atoms with E-state index >= 15 is 0 Å². The Balaban J connectivity index is 1.19. The van der Waals surface area contributed by atoms with E-state index in [0.29, 0.717) is 39.3 Å². The molecule has 3 aromatic carbocycles. The highest BCUT2D eigenvalue weighted by Crippen LogP contribution is 2.49. The standard InChI is InChI=1S/C50H63N4O15PSSi/c1-31-26-53(47(57)51-45(31)55)43-24-39-41(66-43)28-63-50(35-14-18-37(61-6)19-15-35,36-16-20-38(62-7)21-17-36)34-12-10-33(11-13-34)30-71(59,60)23-22-64-70(68-39)65-29-42-40(69-72(8,9)49(3,4)5)25-44(67-42)54-27-32(2)46(56)52-48(54)58/h10-21,26-27,39-44H,22-25,28-30H2,1-9H3,(H,51,55,57)(H,52,56,58)/t39-,40-,41+,42+,43+,44+,70?/m0/s1. The van der Waals surface area contributed by atoms with Gasteiger partial charge in [0.05, 0.1) is 57.8 Å². The Labute approximate surface area is 419 Å². The Kier molecular flexibility index (Phi) is 15.8. The second-order valence-electron chi connectivity index (χ2n) is 19.8. The molecule has 5 aromatic rings. The number of benzene rings is 3. The highest BCUT2D eigenvalue weighted by molar-refractivity contribution is 7.90. The summed E-state index contributed by atoms with van der Waals surface area (Å²) in [6, 6.07) is 22.1. The topological polar surface area (TPSA) is 227 Å². The Hall–Kier alpha value is -5.06. The van der Waals surface area contributed by atoms with E-state index in [0.717, 1.165) is 0 Å². The van der Waals surface area contributed by atoms with Crippen molar-refractivity contribution in [2.24, 2.45) is 0 Å². The lowest BCUT2D eigenvalue weighted by Gasteiger charge is -2.39. The van der Waals surface area contributed by atoms with E-state index in [1.807, 2.05) is 60.7 Å². The summed E-state index contributed by atoms with van der Waals surface area (Å²) in [7, 11) is -5.53. The SMILES string of the molecule is COc1ccc(C2(c3ccc(OC)cc3)OC[C@H]3O[C@@H](n4cc(C)c(=O)[nH]c4=O)C[C@@H]3OP(OC[C@H]3O[C@@H](n4cc(C)c(=O)[nH]c4=O)C[C@@H]3O[Si](C)(C)C(C)(C)C)OCCS(=O)(=O)Cc3ccc2cc3)cc1. The molecule has 2 fully saturated rings. The van der Waals surface area contributed by atoms with Crippen molar-refractivity contribution in [2.45, 2.75) is 114 Å². The number of H-pyrrole nitrogens is 2. The van der Waals surface area contributed by atoms with Gasteiger partial charge in [0, 0.05) is 36.4 Å². The van der Waals surface area contributed by atoms with Crippen LogP contribution in [-0.2, 0) is 53.4 Å². The van der Waals surface area contributed by atoms with Crippen LogP contribution in [0.3, 0.4) is 0 Å². The number of hydrogen-bond donors (Lipinski definition) is 2. The van der Waals surface area contributed by atoms with Gasteiger partial charge in [-0.1, -0.05) is 69.3 Å². The van der Waals surface area contributed by atoms with Gasteiger partial charge in [0.25, 0.3) is 11.1 Å². The highest BCUT2D eigenvalue weighted by Gasteiger charge is 2.48. The maximum atomic E-state index is 13.8. The van der Waals surface area contributed by atoms with Gasteiger partial charge in [0.1, 0.15) is 41.8 Å². The number of sulfone groups is 1. The lowest BCUT2D eigenvalue weighted by molar-refractivity contribution is -0.0939. The van der Waals surface area contributed by atoms with Crippen molar-refractivity contribution in [3.63, 3.8) is 0 Å². The molecule has 0 amide bonds. The fourth-order valence-electron chi connectivity index (χ4n) is 8.78. The number of fused-ring (bicyclic) bond motifs is 10. The highest BCUT2D eigenvalue weighted by atomic mass is 32.2. The van der Waals surface area contributed by atoms with Gasteiger partial charge in [-0.05, 0) is 78.5 Å². The summed E-state index contributed by atoms with van der Waals surface area (Å²) in [5, 5.41) is -0.199. The first kappa shape index (κ1) is 53.2. The van der Waals surface area contributed by atoms with E-state index in [-0.39, 0.29) is 54.8 Å². The van der Waals surface area contributed by atoms with Crippen LogP contribution >= 0.6 is 8.60 Å². The molecule has 0 saturated carbocycles. The summed E-state index contributed by atoms with van der Waals surface area (Å²) >= 11 is 0. The number of hydrogen-bond acceptors (Lipinski definition) is 15. The third-order valence-corrected chi connectivity index (χ3v) is 21.1. The van der Waals surface area contributed by atoms with E-state index < -0.39 is 91.7 Å². The summed E-state index contributed by atoms with van der Waals surface area (Å²) in [4.78, 5) is 56.2. The smallest absolute Gasteiger partial charge is 0.333 e. The fraction of sp³-hybridized carbons (Fsp3) is 0.480. The van der Waals surface area contributed by atoms with Crippen LogP contribution in [0.15, 0.2) is 104 Å². The predicted octanol–water partition coefficient (Wildman–Crippen LogP) is 6.27. The van der Waals surface area contributed by atoms with Gasteiger partial charge in [-0.15, -0.1) is 0 Å². The third-order valence-electron chi connectivity index (χ3n) is 13.9. The quantitative estimate of drug-likeness (QED) is 0.110. The van der Waals surface area contributed by atoms with Gasteiger partial charge >= 0.3 is 20.0 Å². The first-order valence-electron chi connectivity index (χ1n) is 23.7. The first-order chi connectivity index (χ1) is 34.1. The zero-order valence-corrected chi connectivity index (χ0v) is 44.6. The zero-order valence-electron chi connectivity index (χ0n) is 41.9. The Bertz CT molecular complexity index is 3020. The Morgan fingerprint density at radius 3 is 1.78 bits per heavy atom. The van der Waals surface area contributed by atoms with E-state index in [4.69, 9.17) is 41.7 Å². The maximum absolute atomic E-state index is 13.8. The largest absolute Gasteiger partial charge is 0.497 e. The molecule has 6 heterocycles. The summed E-state index contributed by atoms with van der Waals surface area (Å²) in [5.41, 5.74) is -0.539. The van der Waals surface area contributed by atoms with Gasteiger partial charge in [0.2, 0.25) is 0 Å². The Morgan fingerprint density at radius 2 is 1.26 bits per heavy atom. The van der Waals surface area contributed by atoms with Crippen molar-refractivity contribution in [1.29, 1.82) is 0 Å². The van der Waals surface area contributed by atoms with Crippen LogP contribution in [0, 0.1) is 13.8 Å². The number of nitrogens with one attached hydrogen (secondary N) is 2. The van der Waals surface area contributed by atoms with E-state index in [1.165, 1.54) is 21.5 Å². The summed E-state index contributed by atoms with van der Waals surface area (Å²) in [6.45, 7) is 13.1. The monoisotopic (exact) mass is 1050 g/mol. The number of ether oxygens (including phenoxy) is 5. The van der Waals surface area contributed by atoms with Crippen molar-refractivity contribution in [2.75, 3.05) is 39.8 Å². The minimum Gasteiger partial charge on any atom is -0.497 e. The number of rotatable bonds is 11. The molecule has 4 aliphatic heterocycles. The van der Waals surface area contributed by atoms with Crippen LogP contribution in [0.25, 0.3) is 0 Å². The molecule has 0 spiro atoms. The third kappa shape index (κ3) is 11.5. The van der Waals surface area contributed by atoms with Gasteiger partial charge in [-0.25, -0.2) is 18.0 Å². The molecule has 22 heteroatoms.